The summed E-state index contributed by atoms with van der Waals surface area (Å²) >= 11 is 0. The standard InChI is InChI=1S/C23H21NO3/c25-23(24-15-19-16-26-20-13-7-8-14-21(20)27-19)22(17-9-3-1-4-10-17)18-11-5-2-6-12-18/h1-14,19,22H,15-16H2,(H,24,25)/t19-/m1/s1. The second-order valence-electron chi connectivity index (χ2n) is 6.50. The molecule has 27 heavy (non-hydrogen) atoms. The van der Waals surface area contributed by atoms with Gasteiger partial charge in [-0.25, -0.2) is 0 Å². The van der Waals surface area contributed by atoms with Crippen LogP contribution in [0.4, 0.5) is 0 Å². The first-order valence-corrected chi connectivity index (χ1v) is 9.07. The summed E-state index contributed by atoms with van der Waals surface area (Å²) in [6.45, 7) is 0.808. The van der Waals surface area contributed by atoms with Gasteiger partial charge in [0.25, 0.3) is 0 Å². The molecule has 4 nitrogen and oxygen atoms in total. The van der Waals surface area contributed by atoms with E-state index >= 15 is 0 Å². The molecule has 0 saturated carbocycles. The molecule has 3 aromatic carbocycles. The molecule has 0 fully saturated rings. The monoisotopic (exact) mass is 359 g/mol. The van der Waals surface area contributed by atoms with Crippen LogP contribution in [0.25, 0.3) is 0 Å². The second kappa shape index (κ2) is 7.96. The lowest BCUT2D eigenvalue weighted by Crippen LogP contribution is -2.42. The zero-order valence-electron chi connectivity index (χ0n) is 14.9. The predicted molar refractivity (Wildman–Crippen MR) is 104 cm³/mol. The van der Waals surface area contributed by atoms with E-state index in [2.05, 4.69) is 5.32 Å². The first kappa shape index (κ1) is 17.2. The molecular weight excluding hydrogens is 338 g/mol. The van der Waals surface area contributed by atoms with Crippen molar-refractivity contribution in [1.29, 1.82) is 0 Å². The number of benzene rings is 3. The molecule has 1 N–H and O–H groups in total. The number of hydrogen-bond donors (Lipinski definition) is 1. The Morgan fingerprint density at radius 3 is 2.04 bits per heavy atom. The Kier molecular flexibility index (Phi) is 5.06. The molecule has 1 heterocycles. The minimum atomic E-state index is -0.357. The van der Waals surface area contributed by atoms with Gasteiger partial charge in [0, 0.05) is 0 Å². The van der Waals surface area contributed by atoms with E-state index in [4.69, 9.17) is 9.47 Å². The zero-order valence-corrected chi connectivity index (χ0v) is 14.9. The number of fused-ring (bicyclic) bond motifs is 1. The van der Waals surface area contributed by atoms with Crippen LogP contribution in [0, 0.1) is 0 Å². The summed E-state index contributed by atoms with van der Waals surface area (Å²) in [4.78, 5) is 13.0. The summed E-state index contributed by atoms with van der Waals surface area (Å²) < 4.78 is 11.7. The van der Waals surface area contributed by atoms with Gasteiger partial charge in [0.05, 0.1) is 12.5 Å². The van der Waals surface area contributed by atoms with Crippen molar-refractivity contribution in [3.8, 4) is 11.5 Å². The van der Waals surface area contributed by atoms with E-state index in [-0.39, 0.29) is 17.9 Å². The van der Waals surface area contributed by atoms with Crippen LogP contribution < -0.4 is 14.8 Å². The molecular formula is C23H21NO3. The van der Waals surface area contributed by atoms with Gasteiger partial charge in [0.1, 0.15) is 12.7 Å². The van der Waals surface area contributed by atoms with Crippen molar-refractivity contribution < 1.29 is 14.3 Å². The van der Waals surface area contributed by atoms with Crippen molar-refractivity contribution in [2.75, 3.05) is 13.2 Å². The molecule has 4 rings (SSSR count). The van der Waals surface area contributed by atoms with Gasteiger partial charge in [-0.2, -0.15) is 0 Å². The van der Waals surface area contributed by atoms with Gasteiger partial charge >= 0.3 is 0 Å². The Labute approximate surface area is 158 Å². The van der Waals surface area contributed by atoms with Crippen LogP contribution in [0.1, 0.15) is 17.0 Å². The number of nitrogens with one attached hydrogen (secondary N) is 1. The van der Waals surface area contributed by atoms with Gasteiger partial charge in [0.15, 0.2) is 11.5 Å². The third-order valence-electron chi connectivity index (χ3n) is 4.60. The first-order valence-electron chi connectivity index (χ1n) is 9.07. The molecule has 0 radical (unpaired) electrons. The third kappa shape index (κ3) is 3.95. The topological polar surface area (TPSA) is 47.6 Å². The highest BCUT2D eigenvalue weighted by Crippen LogP contribution is 2.31. The Hall–Kier alpha value is -3.27. The van der Waals surface area contributed by atoms with E-state index < -0.39 is 0 Å². The Morgan fingerprint density at radius 1 is 0.852 bits per heavy atom. The smallest absolute Gasteiger partial charge is 0.232 e. The molecule has 1 aliphatic rings. The lowest BCUT2D eigenvalue weighted by molar-refractivity contribution is -0.122. The molecule has 1 aliphatic heterocycles. The largest absolute Gasteiger partial charge is 0.486 e. The Bertz CT molecular complexity index is 856. The summed E-state index contributed by atoms with van der Waals surface area (Å²) in [7, 11) is 0. The number of carbonyl (C=O) groups is 1. The summed E-state index contributed by atoms with van der Waals surface area (Å²) in [5.74, 6) is 1.05. The zero-order chi connectivity index (χ0) is 18.5. The van der Waals surface area contributed by atoms with Crippen molar-refractivity contribution in [3.63, 3.8) is 0 Å². The van der Waals surface area contributed by atoms with Crippen LogP contribution in [0.5, 0.6) is 11.5 Å². The minimum Gasteiger partial charge on any atom is -0.486 e. The van der Waals surface area contributed by atoms with E-state index in [1.807, 2.05) is 84.9 Å². The normalized spacial score (nSPS) is 15.4. The SMILES string of the molecule is O=C(NC[C@@H]1COc2ccccc2O1)C(c1ccccc1)c1ccccc1. The van der Waals surface area contributed by atoms with Gasteiger partial charge < -0.3 is 14.8 Å². The van der Waals surface area contributed by atoms with Crippen molar-refractivity contribution in [3.05, 3.63) is 96.1 Å². The van der Waals surface area contributed by atoms with Crippen LogP contribution in [0.15, 0.2) is 84.9 Å². The van der Waals surface area contributed by atoms with Crippen LogP contribution >= 0.6 is 0 Å². The molecule has 0 unspecified atom stereocenters. The van der Waals surface area contributed by atoms with E-state index in [9.17, 15) is 4.79 Å². The fourth-order valence-electron chi connectivity index (χ4n) is 3.27. The van der Waals surface area contributed by atoms with Crippen molar-refractivity contribution in [2.24, 2.45) is 0 Å². The molecule has 1 amide bonds. The van der Waals surface area contributed by atoms with E-state index in [0.29, 0.717) is 18.9 Å². The number of rotatable bonds is 5. The van der Waals surface area contributed by atoms with E-state index in [0.717, 1.165) is 16.9 Å². The number of hydrogen-bond acceptors (Lipinski definition) is 3. The number of amides is 1. The highest BCUT2D eigenvalue weighted by atomic mass is 16.6. The second-order valence-corrected chi connectivity index (χ2v) is 6.50. The van der Waals surface area contributed by atoms with Crippen molar-refractivity contribution in [2.45, 2.75) is 12.0 Å². The van der Waals surface area contributed by atoms with Crippen LogP contribution in [0.3, 0.4) is 0 Å². The fraction of sp³-hybridized carbons (Fsp3) is 0.174. The lowest BCUT2D eigenvalue weighted by Gasteiger charge is -2.27. The fourth-order valence-corrected chi connectivity index (χ4v) is 3.27. The Balaban J connectivity index is 1.47. The predicted octanol–water partition coefficient (Wildman–Crippen LogP) is 3.77. The summed E-state index contributed by atoms with van der Waals surface area (Å²) in [5, 5.41) is 3.04. The summed E-state index contributed by atoms with van der Waals surface area (Å²) in [6.07, 6.45) is -0.212. The quantitative estimate of drug-likeness (QED) is 0.754. The van der Waals surface area contributed by atoms with Gasteiger partial charge in [-0.3, -0.25) is 4.79 Å². The maximum atomic E-state index is 13.0. The van der Waals surface area contributed by atoms with E-state index in [1.54, 1.807) is 0 Å². The van der Waals surface area contributed by atoms with Crippen molar-refractivity contribution >= 4 is 5.91 Å². The van der Waals surface area contributed by atoms with Gasteiger partial charge in [-0.15, -0.1) is 0 Å². The molecule has 4 heteroatoms. The minimum absolute atomic E-state index is 0.0464. The molecule has 136 valence electrons. The molecule has 0 spiro atoms. The Morgan fingerprint density at radius 2 is 1.41 bits per heavy atom. The summed E-state index contributed by atoms with van der Waals surface area (Å²) in [6, 6.07) is 27.2. The first-order chi connectivity index (χ1) is 13.3. The van der Waals surface area contributed by atoms with E-state index in [1.165, 1.54) is 0 Å². The molecule has 0 aromatic heterocycles. The van der Waals surface area contributed by atoms with Gasteiger partial charge in [0.2, 0.25) is 5.91 Å². The van der Waals surface area contributed by atoms with Crippen LogP contribution in [-0.2, 0) is 4.79 Å². The maximum Gasteiger partial charge on any atom is 0.232 e. The maximum absolute atomic E-state index is 13.0. The molecule has 0 saturated heterocycles. The molecule has 0 bridgehead atoms. The lowest BCUT2D eigenvalue weighted by atomic mass is 9.90. The highest BCUT2D eigenvalue weighted by molar-refractivity contribution is 5.87. The van der Waals surface area contributed by atoms with Gasteiger partial charge in [-0.05, 0) is 23.3 Å². The van der Waals surface area contributed by atoms with Crippen LogP contribution in [0.2, 0.25) is 0 Å². The molecule has 1 atom stereocenters. The highest BCUT2D eigenvalue weighted by Gasteiger charge is 2.25. The van der Waals surface area contributed by atoms with Gasteiger partial charge in [-0.1, -0.05) is 72.8 Å². The molecule has 3 aromatic rings. The van der Waals surface area contributed by atoms with Crippen LogP contribution in [-0.4, -0.2) is 25.2 Å². The van der Waals surface area contributed by atoms with Crippen molar-refractivity contribution in [1.82, 2.24) is 5.32 Å². The molecule has 0 aliphatic carbocycles. The number of ether oxygens (including phenoxy) is 2. The summed E-state index contributed by atoms with van der Waals surface area (Å²) in [5.41, 5.74) is 1.93. The average molecular weight is 359 g/mol. The number of carbonyl (C=O) groups excluding carboxylic acids is 1. The average Bonchev–Trinajstić information content (AvgIpc) is 2.74. The number of para-hydroxylation sites is 2. The third-order valence-corrected chi connectivity index (χ3v) is 4.60.